The smallest absolute Gasteiger partial charge is 0.120 e. The molecule has 0 atom stereocenters. The summed E-state index contributed by atoms with van der Waals surface area (Å²) < 4.78 is 5.15. The lowest BCUT2D eigenvalue weighted by Crippen LogP contribution is -2.08. The highest BCUT2D eigenvalue weighted by Crippen LogP contribution is 2.37. The Kier molecular flexibility index (Phi) is 3.99. The third-order valence-corrected chi connectivity index (χ3v) is 4.49. The molecule has 1 aromatic carbocycles. The molecule has 0 unspecified atom stereocenters. The van der Waals surface area contributed by atoms with Gasteiger partial charge in [-0.25, -0.2) is 0 Å². The number of anilines is 1. The van der Waals surface area contributed by atoms with Gasteiger partial charge >= 0.3 is 0 Å². The Hall–Kier alpha value is -0.830. The van der Waals surface area contributed by atoms with Crippen LogP contribution >= 0.6 is 11.8 Å². The lowest BCUT2D eigenvalue weighted by molar-refractivity contribution is 0.415. The van der Waals surface area contributed by atoms with Crippen LogP contribution in [-0.4, -0.2) is 12.4 Å². The highest BCUT2D eigenvalue weighted by molar-refractivity contribution is 8.00. The van der Waals surface area contributed by atoms with Crippen LogP contribution in [0.25, 0.3) is 0 Å². The van der Waals surface area contributed by atoms with Gasteiger partial charge in [-0.3, -0.25) is 0 Å². The topological polar surface area (TPSA) is 35.2 Å². The maximum absolute atomic E-state index is 6.01. The second kappa shape index (κ2) is 5.48. The Bertz CT molecular complexity index is 348. The fraction of sp³-hybridized carbons (Fsp3) is 0.538. The van der Waals surface area contributed by atoms with Crippen molar-refractivity contribution in [3.05, 3.63) is 18.2 Å². The van der Waals surface area contributed by atoms with Crippen LogP contribution in [0, 0.1) is 0 Å². The van der Waals surface area contributed by atoms with Crippen molar-refractivity contribution in [3.63, 3.8) is 0 Å². The minimum absolute atomic E-state index is 0.754. The molecule has 0 heterocycles. The molecule has 2 N–H and O–H groups in total. The van der Waals surface area contributed by atoms with Gasteiger partial charge in [-0.2, -0.15) is 0 Å². The third-order valence-electron chi connectivity index (χ3n) is 3.06. The third kappa shape index (κ3) is 2.85. The fourth-order valence-electron chi connectivity index (χ4n) is 2.12. The molecule has 16 heavy (non-hydrogen) atoms. The summed E-state index contributed by atoms with van der Waals surface area (Å²) in [5.74, 6) is 0.838. The van der Waals surface area contributed by atoms with Crippen molar-refractivity contribution in [2.45, 2.75) is 42.2 Å². The number of nitrogens with two attached hydrogens (primary N) is 1. The van der Waals surface area contributed by atoms with E-state index in [1.165, 1.54) is 37.0 Å². The van der Waals surface area contributed by atoms with E-state index in [0.29, 0.717) is 0 Å². The molecule has 0 aromatic heterocycles. The second-order valence-electron chi connectivity index (χ2n) is 4.28. The van der Waals surface area contributed by atoms with E-state index in [0.717, 1.165) is 16.7 Å². The van der Waals surface area contributed by atoms with Crippen LogP contribution < -0.4 is 10.5 Å². The quantitative estimate of drug-likeness (QED) is 0.814. The summed E-state index contributed by atoms with van der Waals surface area (Å²) in [6.45, 7) is 0. The van der Waals surface area contributed by atoms with Crippen molar-refractivity contribution in [1.29, 1.82) is 0 Å². The van der Waals surface area contributed by atoms with Gasteiger partial charge in [0.2, 0.25) is 0 Å². The number of ether oxygens (including phenoxy) is 1. The first-order valence-electron chi connectivity index (χ1n) is 5.90. The average Bonchev–Trinajstić information content (AvgIpc) is 2.33. The molecular formula is C13H19NOS. The normalized spacial score (nSPS) is 17.3. The van der Waals surface area contributed by atoms with Gasteiger partial charge in [-0.15, -0.1) is 11.8 Å². The van der Waals surface area contributed by atoms with E-state index in [9.17, 15) is 0 Å². The number of hydrogen-bond acceptors (Lipinski definition) is 3. The zero-order valence-electron chi connectivity index (χ0n) is 9.74. The summed E-state index contributed by atoms with van der Waals surface area (Å²) in [5.41, 5.74) is 6.86. The zero-order chi connectivity index (χ0) is 11.4. The van der Waals surface area contributed by atoms with Crippen LogP contribution in [0.2, 0.25) is 0 Å². The van der Waals surface area contributed by atoms with Crippen LogP contribution in [0.3, 0.4) is 0 Å². The van der Waals surface area contributed by atoms with E-state index in [1.807, 2.05) is 23.9 Å². The van der Waals surface area contributed by atoms with Crippen molar-refractivity contribution in [3.8, 4) is 5.75 Å². The van der Waals surface area contributed by atoms with E-state index >= 15 is 0 Å². The number of hydrogen-bond donors (Lipinski definition) is 1. The van der Waals surface area contributed by atoms with Gasteiger partial charge < -0.3 is 10.5 Å². The molecule has 0 amide bonds. The molecule has 0 radical (unpaired) electrons. The van der Waals surface area contributed by atoms with E-state index < -0.39 is 0 Å². The van der Waals surface area contributed by atoms with Gasteiger partial charge in [0, 0.05) is 21.9 Å². The average molecular weight is 237 g/mol. The Morgan fingerprint density at radius 1 is 1.25 bits per heavy atom. The maximum Gasteiger partial charge on any atom is 0.120 e. The summed E-state index contributed by atoms with van der Waals surface area (Å²) in [6.07, 6.45) is 6.79. The first-order chi connectivity index (χ1) is 7.79. The molecular weight excluding hydrogens is 218 g/mol. The lowest BCUT2D eigenvalue weighted by atomic mass is 10.0. The molecule has 2 rings (SSSR count). The van der Waals surface area contributed by atoms with Gasteiger partial charge in [0.05, 0.1) is 7.11 Å². The molecule has 0 saturated heterocycles. The Labute approximate surface area is 102 Å². The minimum atomic E-state index is 0.754. The van der Waals surface area contributed by atoms with Crippen LogP contribution in [0.4, 0.5) is 5.69 Å². The summed E-state index contributed by atoms with van der Waals surface area (Å²) in [7, 11) is 1.67. The van der Waals surface area contributed by atoms with Gasteiger partial charge in [0.1, 0.15) is 5.75 Å². The molecule has 88 valence electrons. The fourth-order valence-corrected chi connectivity index (χ4v) is 3.39. The maximum atomic E-state index is 6.01. The zero-order valence-corrected chi connectivity index (χ0v) is 10.6. The number of rotatable bonds is 3. The van der Waals surface area contributed by atoms with Crippen LogP contribution in [0.15, 0.2) is 23.1 Å². The standard InChI is InChI=1S/C13H19NOS/c1-15-10-7-8-13(12(14)9-10)16-11-5-3-2-4-6-11/h7-9,11H,2-6,14H2,1H3. The molecule has 1 aliphatic rings. The van der Waals surface area contributed by atoms with E-state index in [-0.39, 0.29) is 0 Å². The number of benzene rings is 1. The molecule has 1 aliphatic carbocycles. The predicted molar refractivity (Wildman–Crippen MR) is 70.1 cm³/mol. The summed E-state index contributed by atoms with van der Waals surface area (Å²) in [6, 6.07) is 5.97. The SMILES string of the molecule is COc1ccc(SC2CCCCC2)c(N)c1. The van der Waals surface area contributed by atoms with Crippen LogP contribution in [-0.2, 0) is 0 Å². The number of methoxy groups -OCH3 is 1. The second-order valence-corrected chi connectivity index (χ2v) is 5.62. The number of thioether (sulfide) groups is 1. The number of nitrogen functional groups attached to an aromatic ring is 1. The van der Waals surface area contributed by atoms with Crippen molar-refractivity contribution in [1.82, 2.24) is 0 Å². The van der Waals surface area contributed by atoms with Crippen molar-refractivity contribution in [2.24, 2.45) is 0 Å². The molecule has 0 bridgehead atoms. The summed E-state index contributed by atoms with van der Waals surface area (Å²) in [5, 5.41) is 0.754. The van der Waals surface area contributed by atoms with Gasteiger partial charge in [-0.1, -0.05) is 19.3 Å². The van der Waals surface area contributed by atoms with E-state index in [2.05, 4.69) is 6.07 Å². The first-order valence-corrected chi connectivity index (χ1v) is 6.78. The molecule has 0 spiro atoms. The van der Waals surface area contributed by atoms with Crippen molar-refractivity contribution >= 4 is 17.4 Å². The Morgan fingerprint density at radius 3 is 2.62 bits per heavy atom. The molecule has 1 saturated carbocycles. The van der Waals surface area contributed by atoms with Gasteiger partial charge in [-0.05, 0) is 25.0 Å². The molecule has 1 fully saturated rings. The van der Waals surface area contributed by atoms with Crippen LogP contribution in [0.1, 0.15) is 32.1 Å². The Morgan fingerprint density at radius 2 is 2.00 bits per heavy atom. The van der Waals surface area contributed by atoms with Gasteiger partial charge in [0.15, 0.2) is 0 Å². The molecule has 3 heteroatoms. The van der Waals surface area contributed by atoms with E-state index in [1.54, 1.807) is 7.11 Å². The molecule has 0 aliphatic heterocycles. The highest BCUT2D eigenvalue weighted by Gasteiger charge is 2.15. The highest BCUT2D eigenvalue weighted by atomic mass is 32.2. The van der Waals surface area contributed by atoms with Crippen molar-refractivity contribution in [2.75, 3.05) is 12.8 Å². The Balaban J connectivity index is 2.03. The first kappa shape index (κ1) is 11.6. The predicted octanol–water partition coefficient (Wildman–Crippen LogP) is 3.70. The largest absolute Gasteiger partial charge is 0.497 e. The van der Waals surface area contributed by atoms with E-state index in [4.69, 9.17) is 10.5 Å². The summed E-state index contributed by atoms with van der Waals surface area (Å²) in [4.78, 5) is 1.20. The minimum Gasteiger partial charge on any atom is -0.497 e. The van der Waals surface area contributed by atoms with Crippen LogP contribution in [0.5, 0.6) is 5.75 Å². The van der Waals surface area contributed by atoms with Gasteiger partial charge in [0.25, 0.3) is 0 Å². The monoisotopic (exact) mass is 237 g/mol. The summed E-state index contributed by atoms with van der Waals surface area (Å²) >= 11 is 1.93. The molecule has 2 nitrogen and oxygen atoms in total. The molecule has 1 aromatic rings. The van der Waals surface area contributed by atoms with Crippen molar-refractivity contribution < 1.29 is 4.74 Å². The lowest BCUT2D eigenvalue weighted by Gasteiger charge is -2.21.